The summed E-state index contributed by atoms with van der Waals surface area (Å²) in [6, 6.07) is 9.84. The van der Waals surface area contributed by atoms with Crippen molar-refractivity contribution in [2.45, 2.75) is 6.18 Å². The number of nitrogens with zero attached hydrogens (tertiary/aromatic N) is 2. The number of carbonyl (C=O) groups is 1. The summed E-state index contributed by atoms with van der Waals surface area (Å²) in [5, 5.41) is 15.5. The van der Waals surface area contributed by atoms with E-state index in [9.17, 15) is 22.8 Å². The minimum absolute atomic E-state index is 0.00418. The molecule has 3 aromatic rings. The highest BCUT2D eigenvalue weighted by atomic mass is 19.4. The number of halogens is 3. The van der Waals surface area contributed by atoms with Gasteiger partial charge in [0.15, 0.2) is 0 Å². The number of anilines is 2. The van der Waals surface area contributed by atoms with Gasteiger partial charge in [0, 0.05) is 5.69 Å². The average Bonchev–Trinajstić information content (AvgIpc) is 2.95. The lowest BCUT2D eigenvalue weighted by molar-refractivity contribution is -0.137. The van der Waals surface area contributed by atoms with Crippen LogP contribution < -0.4 is 11.0 Å². The third kappa shape index (κ3) is 3.58. The van der Waals surface area contributed by atoms with Gasteiger partial charge in [-0.05, 0) is 42.5 Å². The Labute approximate surface area is 143 Å². The summed E-state index contributed by atoms with van der Waals surface area (Å²) in [5.41, 5.74) is -1.15. The molecule has 0 aliphatic heterocycles. The SMILES string of the molecule is O=C(O)c1ccc(Nc2nn(-c3cccc(C(F)(F)F)c3)c(=O)[nH]2)cc1. The van der Waals surface area contributed by atoms with E-state index in [-0.39, 0.29) is 17.2 Å². The molecule has 0 unspecified atom stereocenters. The van der Waals surface area contributed by atoms with Crippen LogP contribution in [0, 0.1) is 0 Å². The largest absolute Gasteiger partial charge is 0.478 e. The van der Waals surface area contributed by atoms with Crippen molar-refractivity contribution in [3.8, 4) is 5.69 Å². The summed E-state index contributed by atoms with van der Waals surface area (Å²) in [7, 11) is 0. The van der Waals surface area contributed by atoms with Gasteiger partial charge in [0.2, 0.25) is 5.95 Å². The number of rotatable bonds is 4. The monoisotopic (exact) mass is 364 g/mol. The van der Waals surface area contributed by atoms with Gasteiger partial charge in [0.05, 0.1) is 16.8 Å². The quantitative estimate of drug-likeness (QED) is 0.661. The number of hydrogen-bond donors (Lipinski definition) is 3. The molecule has 26 heavy (non-hydrogen) atoms. The fraction of sp³-hybridized carbons (Fsp3) is 0.0625. The molecule has 0 aliphatic rings. The zero-order valence-corrected chi connectivity index (χ0v) is 12.9. The molecule has 1 aromatic heterocycles. The van der Waals surface area contributed by atoms with Crippen LogP contribution in [0.4, 0.5) is 24.8 Å². The number of benzene rings is 2. The second-order valence-corrected chi connectivity index (χ2v) is 5.25. The molecule has 2 aromatic carbocycles. The van der Waals surface area contributed by atoms with Crippen molar-refractivity contribution in [3.63, 3.8) is 0 Å². The molecule has 0 amide bonds. The molecule has 0 aliphatic carbocycles. The molecule has 134 valence electrons. The van der Waals surface area contributed by atoms with Gasteiger partial charge in [-0.1, -0.05) is 6.07 Å². The molecule has 0 saturated heterocycles. The van der Waals surface area contributed by atoms with Crippen LogP contribution in [0.2, 0.25) is 0 Å². The van der Waals surface area contributed by atoms with E-state index in [1.165, 1.54) is 36.4 Å². The Morgan fingerprint density at radius 1 is 1.15 bits per heavy atom. The number of carboxylic acid groups (broad SMARTS) is 1. The van der Waals surface area contributed by atoms with E-state index in [0.29, 0.717) is 5.69 Å². The highest BCUT2D eigenvalue weighted by Gasteiger charge is 2.30. The molecule has 0 spiro atoms. The van der Waals surface area contributed by atoms with Crippen molar-refractivity contribution in [1.29, 1.82) is 0 Å². The molecule has 0 atom stereocenters. The molecule has 7 nitrogen and oxygen atoms in total. The highest BCUT2D eigenvalue weighted by molar-refractivity contribution is 5.88. The summed E-state index contributed by atoms with van der Waals surface area (Å²) in [6.07, 6.45) is -4.54. The van der Waals surface area contributed by atoms with Crippen molar-refractivity contribution in [1.82, 2.24) is 14.8 Å². The van der Waals surface area contributed by atoms with Gasteiger partial charge in [-0.2, -0.15) is 17.9 Å². The molecule has 1 heterocycles. The molecule has 10 heteroatoms. The Balaban J connectivity index is 1.88. The third-order valence-corrected chi connectivity index (χ3v) is 3.43. The number of alkyl halides is 3. The van der Waals surface area contributed by atoms with Crippen LogP contribution in [0.25, 0.3) is 5.69 Å². The van der Waals surface area contributed by atoms with Crippen LogP contribution in [0.15, 0.2) is 53.3 Å². The number of carboxylic acids is 1. The van der Waals surface area contributed by atoms with Crippen LogP contribution in [0.5, 0.6) is 0 Å². The lowest BCUT2D eigenvalue weighted by Crippen LogP contribution is -2.16. The van der Waals surface area contributed by atoms with E-state index in [1.54, 1.807) is 0 Å². The molecule has 0 radical (unpaired) electrons. The van der Waals surface area contributed by atoms with E-state index < -0.39 is 23.4 Å². The Hall–Kier alpha value is -3.56. The van der Waals surface area contributed by atoms with Crippen molar-refractivity contribution < 1.29 is 23.1 Å². The fourth-order valence-corrected chi connectivity index (χ4v) is 2.20. The van der Waals surface area contributed by atoms with Gasteiger partial charge in [-0.15, -0.1) is 5.10 Å². The Kier molecular flexibility index (Phi) is 4.24. The van der Waals surface area contributed by atoms with Crippen LogP contribution in [-0.4, -0.2) is 25.8 Å². The minimum atomic E-state index is -4.54. The molecule has 0 fully saturated rings. The minimum Gasteiger partial charge on any atom is -0.478 e. The summed E-state index contributed by atoms with van der Waals surface area (Å²) in [5.74, 6) is -1.09. The first-order valence-electron chi connectivity index (χ1n) is 7.21. The van der Waals surface area contributed by atoms with Gasteiger partial charge in [0.25, 0.3) is 0 Å². The first kappa shape index (κ1) is 17.3. The van der Waals surface area contributed by atoms with Crippen molar-refractivity contribution in [2.75, 3.05) is 5.32 Å². The third-order valence-electron chi connectivity index (χ3n) is 3.43. The lowest BCUT2D eigenvalue weighted by atomic mass is 10.2. The number of H-pyrrole nitrogens is 1. The standard InChI is InChI=1S/C16H11F3N4O3/c17-16(18,19)10-2-1-3-12(8-10)23-15(26)21-14(22-23)20-11-6-4-9(5-7-11)13(24)25/h1-8H,(H,24,25)(H2,20,21,22,26). The Morgan fingerprint density at radius 2 is 1.85 bits per heavy atom. The number of aromatic amines is 1. The maximum Gasteiger partial charge on any atom is 0.416 e. The molecule has 3 rings (SSSR count). The van der Waals surface area contributed by atoms with E-state index >= 15 is 0 Å². The van der Waals surface area contributed by atoms with Gasteiger partial charge in [-0.25, -0.2) is 9.59 Å². The topological polar surface area (TPSA) is 100 Å². The number of aromatic nitrogens is 3. The van der Waals surface area contributed by atoms with Crippen LogP contribution in [-0.2, 0) is 6.18 Å². The van der Waals surface area contributed by atoms with E-state index in [4.69, 9.17) is 5.11 Å². The van der Waals surface area contributed by atoms with Crippen molar-refractivity contribution in [3.05, 3.63) is 70.1 Å². The van der Waals surface area contributed by atoms with Crippen molar-refractivity contribution in [2.24, 2.45) is 0 Å². The second-order valence-electron chi connectivity index (χ2n) is 5.25. The zero-order chi connectivity index (χ0) is 18.9. The summed E-state index contributed by atoms with van der Waals surface area (Å²) in [6.45, 7) is 0. The summed E-state index contributed by atoms with van der Waals surface area (Å²) >= 11 is 0. The molecule has 3 N–H and O–H groups in total. The molecule has 0 bridgehead atoms. The normalized spacial score (nSPS) is 11.3. The van der Waals surface area contributed by atoms with Gasteiger partial charge < -0.3 is 10.4 Å². The zero-order valence-electron chi connectivity index (χ0n) is 12.9. The van der Waals surface area contributed by atoms with E-state index in [0.717, 1.165) is 16.8 Å². The van der Waals surface area contributed by atoms with Gasteiger partial charge >= 0.3 is 17.8 Å². The number of hydrogen-bond acceptors (Lipinski definition) is 4. The number of nitrogens with one attached hydrogen (secondary N) is 2. The second kappa shape index (κ2) is 6.39. The summed E-state index contributed by atoms with van der Waals surface area (Å²) < 4.78 is 39.2. The molecule has 0 saturated carbocycles. The first-order chi connectivity index (χ1) is 12.2. The molecular formula is C16H11F3N4O3. The van der Waals surface area contributed by atoms with Crippen LogP contribution >= 0.6 is 0 Å². The molecular weight excluding hydrogens is 353 g/mol. The van der Waals surface area contributed by atoms with E-state index in [1.807, 2.05) is 0 Å². The summed E-state index contributed by atoms with van der Waals surface area (Å²) in [4.78, 5) is 25.2. The van der Waals surface area contributed by atoms with Crippen molar-refractivity contribution >= 4 is 17.6 Å². The van der Waals surface area contributed by atoms with Crippen LogP contribution in [0.3, 0.4) is 0 Å². The highest BCUT2D eigenvalue weighted by Crippen LogP contribution is 2.30. The number of aromatic carboxylic acids is 1. The Bertz CT molecular complexity index is 1010. The van der Waals surface area contributed by atoms with Gasteiger partial charge in [0.1, 0.15) is 0 Å². The van der Waals surface area contributed by atoms with Gasteiger partial charge in [-0.3, -0.25) is 4.98 Å². The van der Waals surface area contributed by atoms with E-state index in [2.05, 4.69) is 15.4 Å². The lowest BCUT2D eigenvalue weighted by Gasteiger charge is -2.07. The van der Waals surface area contributed by atoms with Crippen LogP contribution in [0.1, 0.15) is 15.9 Å². The average molecular weight is 364 g/mol. The predicted molar refractivity (Wildman–Crippen MR) is 85.9 cm³/mol. The predicted octanol–water partition coefficient (Wildman–Crippen LogP) is 3.02. The maximum atomic E-state index is 12.8. The Morgan fingerprint density at radius 3 is 2.46 bits per heavy atom. The fourth-order valence-electron chi connectivity index (χ4n) is 2.20. The first-order valence-corrected chi connectivity index (χ1v) is 7.21. The smallest absolute Gasteiger partial charge is 0.416 e. The maximum absolute atomic E-state index is 12.8.